The maximum atomic E-state index is 5.56. The molecule has 5 nitrogen and oxygen atoms in total. The first kappa shape index (κ1) is 10.3. The summed E-state index contributed by atoms with van der Waals surface area (Å²) >= 11 is 1.63. The minimum Gasteiger partial charge on any atom is -0.271 e. The van der Waals surface area contributed by atoms with Gasteiger partial charge in [-0.25, -0.2) is 10.4 Å². The van der Waals surface area contributed by atoms with E-state index in [0.29, 0.717) is 0 Å². The summed E-state index contributed by atoms with van der Waals surface area (Å²) in [5.74, 6) is 5.56. The summed E-state index contributed by atoms with van der Waals surface area (Å²) < 4.78 is 1.81. The Balaban J connectivity index is 2.36. The lowest BCUT2D eigenvalue weighted by atomic mass is 10.2. The summed E-state index contributed by atoms with van der Waals surface area (Å²) in [6, 6.07) is 1.91. The van der Waals surface area contributed by atoms with Crippen molar-refractivity contribution in [2.24, 2.45) is 12.9 Å². The number of aryl methyl sites for hydroxylation is 2. The third kappa shape index (κ3) is 1.92. The second-order valence-corrected chi connectivity index (χ2v) is 4.53. The summed E-state index contributed by atoms with van der Waals surface area (Å²) in [5.41, 5.74) is 3.81. The first-order valence-corrected chi connectivity index (χ1v) is 5.40. The predicted octanol–water partition coefficient (Wildman–Crippen LogP) is 0.738. The van der Waals surface area contributed by atoms with Gasteiger partial charge in [-0.15, -0.1) is 11.3 Å². The van der Waals surface area contributed by atoms with E-state index in [1.54, 1.807) is 22.2 Å². The van der Waals surface area contributed by atoms with Gasteiger partial charge >= 0.3 is 0 Å². The van der Waals surface area contributed by atoms with Crippen LogP contribution in [0.1, 0.15) is 21.6 Å². The smallest absolute Gasteiger partial charge is 0.0985 e. The molecule has 0 aliphatic heterocycles. The van der Waals surface area contributed by atoms with Crippen molar-refractivity contribution in [3.63, 3.8) is 0 Å². The van der Waals surface area contributed by atoms with Crippen LogP contribution in [0.25, 0.3) is 0 Å². The summed E-state index contributed by atoms with van der Waals surface area (Å²) in [7, 11) is 1.90. The largest absolute Gasteiger partial charge is 0.271 e. The van der Waals surface area contributed by atoms with Crippen LogP contribution < -0.4 is 11.3 Å². The van der Waals surface area contributed by atoms with E-state index >= 15 is 0 Å². The van der Waals surface area contributed by atoms with Crippen LogP contribution in [-0.2, 0) is 7.05 Å². The third-order valence-corrected chi connectivity index (χ3v) is 3.22. The van der Waals surface area contributed by atoms with Crippen LogP contribution >= 0.6 is 11.3 Å². The van der Waals surface area contributed by atoms with Crippen LogP contribution in [0.4, 0.5) is 0 Å². The van der Waals surface area contributed by atoms with Crippen molar-refractivity contribution in [2.45, 2.75) is 13.0 Å². The van der Waals surface area contributed by atoms with Gasteiger partial charge in [0.25, 0.3) is 0 Å². The third-order valence-electron chi connectivity index (χ3n) is 2.24. The lowest BCUT2D eigenvalue weighted by molar-refractivity contribution is 0.581. The van der Waals surface area contributed by atoms with Crippen molar-refractivity contribution in [2.75, 3.05) is 0 Å². The summed E-state index contributed by atoms with van der Waals surface area (Å²) in [6.07, 6.45) is 3.60. The van der Waals surface area contributed by atoms with E-state index < -0.39 is 0 Å². The number of thiazole rings is 1. The normalized spacial score (nSPS) is 13.0. The highest BCUT2D eigenvalue weighted by molar-refractivity contribution is 7.11. The Morgan fingerprint density at radius 3 is 2.87 bits per heavy atom. The average molecular weight is 223 g/mol. The molecule has 0 aliphatic rings. The lowest BCUT2D eigenvalue weighted by Crippen LogP contribution is -2.29. The Bertz CT molecular complexity index is 447. The molecule has 0 fully saturated rings. The maximum absolute atomic E-state index is 5.56. The molecule has 0 aliphatic carbocycles. The second kappa shape index (κ2) is 4.09. The first-order valence-electron chi connectivity index (χ1n) is 4.58. The Labute approximate surface area is 91.9 Å². The number of rotatable bonds is 3. The quantitative estimate of drug-likeness (QED) is 0.595. The molecular formula is C9H13N5S. The highest BCUT2D eigenvalue weighted by Gasteiger charge is 2.17. The van der Waals surface area contributed by atoms with E-state index in [2.05, 4.69) is 15.5 Å². The molecular weight excluding hydrogens is 210 g/mol. The van der Waals surface area contributed by atoms with Gasteiger partial charge < -0.3 is 0 Å². The highest BCUT2D eigenvalue weighted by Crippen LogP contribution is 2.25. The van der Waals surface area contributed by atoms with E-state index in [4.69, 9.17) is 5.84 Å². The number of nitrogens with two attached hydrogens (primary N) is 1. The zero-order valence-electron chi connectivity index (χ0n) is 8.64. The van der Waals surface area contributed by atoms with Gasteiger partial charge in [0.05, 0.1) is 16.7 Å². The number of nitrogens with one attached hydrogen (secondary N) is 1. The molecule has 2 rings (SSSR count). The SMILES string of the molecule is Cc1ncc(C(NN)c2ccnn2C)s1. The molecule has 2 aromatic rings. The van der Waals surface area contributed by atoms with E-state index in [1.165, 1.54) is 0 Å². The fraction of sp³-hybridized carbons (Fsp3) is 0.333. The molecule has 3 N–H and O–H groups in total. The average Bonchev–Trinajstić information content (AvgIpc) is 2.79. The monoisotopic (exact) mass is 223 g/mol. The standard InChI is InChI=1S/C9H13N5S/c1-6-11-5-8(15-6)9(13-10)7-3-4-12-14(7)2/h3-5,9,13H,10H2,1-2H3. The number of hydrogen-bond donors (Lipinski definition) is 2. The van der Waals surface area contributed by atoms with E-state index in [1.807, 2.05) is 26.2 Å². The van der Waals surface area contributed by atoms with Crippen molar-refractivity contribution in [3.05, 3.63) is 34.0 Å². The van der Waals surface area contributed by atoms with Crippen LogP contribution in [-0.4, -0.2) is 14.8 Å². The van der Waals surface area contributed by atoms with Gasteiger partial charge in [0, 0.05) is 24.3 Å². The Kier molecular flexibility index (Phi) is 2.81. The van der Waals surface area contributed by atoms with Gasteiger partial charge in [0.15, 0.2) is 0 Å². The molecule has 0 radical (unpaired) electrons. The Morgan fingerprint density at radius 2 is 2.40 bits per heavy atom. The minimum absolute atomic E-state index is 0.0382. The molecule has 2 heterocycles. The molecule has 0 bridgehead atoms. The lowest BCUT2D eigenvalue weighted by Gasteiger charge is -2.13. The Hall–Kier alpha value is -1.24. The maximum Gasteiger partial charge on any atom is 0.0985 e. The van der Waals surface area contributed by atoms with Crippen LogP contribution in [0.3, 0.4) is 0 Å². The zero-order chi connectivity index (χ0) is 10.8. The molecule has 1 atom stereocenters. The fourth-order valence-electron chi connectivity index (χ4n) is 1.49. The first-order chi connectivity index (χ1) is 7.22. The van der Waals surface area contributed by atoms with Crippen LogP contribution in [0.2, 0.25) is 0 Å². The second-order valence-electron chi connectivity index (χ2n) is 3.26. The van der Waals surface area contributed by atoms with E-state index in [0.717, 1.165) is 15.6 Å². The van der Waals surface area contributed by atoms with Crippen molar-refractivity contribution in [1.29, 1.82) is 0 Å². The molecule has 2 aromatic heterocycles. The topological polar surface area (TPSA) is 68.8 Å². The minimum atomic E-state index is -0.0382. The number of aromatic nitrogens is 3. The molecule has 0 saturated heterocycles. The van der Waals surface area contributed by atoms with E-state index in [-0.39, 0.29) is 6.04 Å². The molecule has 0 saturated carbocycles. The van der Waals surface area contributed by atoms with Crippen LogP contribution in [0.5, 0.6) is 0 Å². The molecule has 80 valence electrons. The fourth-order valence-corrected chi connectivity index (χ4v) is 2.35. The van der Waals surface area contributed by atoms with Gasteiger partial charge in [-0.2, -0.15) is 5.10 Å². The highest BCUT2D eigenvalue weighted by atomic mass is 32.1. The number of nitrogens with zero attached hydrogens (tertiary/aromatic N) is 3. The number of hydrazine groups is 1. The van der Waals surface area contributed by atoms with Crippen molar-refractivity contribution < 1.29 is 0 Å². The van der Waals surface area contributed by atoms with Crippen molar-refractivity contribution >= 4 is 11.3 Å². The molecule has 0 aromatic carbocycles. The summed E-state index contributed by atoms with van der Waals surface area (Å²) in [4.78, 5) is 5.31. The van der Waals surface area contributed by atoms with Gasteiger partial charge in [0.1, 0.15) is 0 Å². The molecule has 15 heavy (non-hydrogen) atoms. The molecule has 6 heteroatoms. The van der Waals surface area contributed by atoms with Crippen molar-refractivity contribution in [1.82, 2.24) is 20.2 Å². The van der Waals surface area contributed by atoms with E-state index in [9.17, 15) is 0 Å². The van der Waals surface area contributed by atoms with Gasteiger partial charge in [-0.3, -0.25) is 10.5 Å². The van der Waals surface area contributed by atoms with Gasteiger partial charge in [-0.05, 0) is 13.0 Å². The van der Waals surface area contributed by atoms with Crippen molar-refractivity contribution in [3.8, 4) is 0 Å². The van der Waals surface area contributed by atoms with Crippen LogP contribution in [0.15, 0.2) is 18.5 Å². The molecule has 1 unspecified atom stereocenters. The van der Waals surface area contributed by atoms with Gasteiger partial charge in [-0.1, -0.05) is 0 Å². The Morgan fingerprint density at radius 1 is 1.60 bits per heavy atom. The molecule has 0 spiro atoms. The summed E-state index contributed by atoms with van der Waals surface area (Å²) in [5, 5.41) is 5.16. The van der Waals surface area contributed by atoms with Gasteiger partial charge in [0.2, 0.25) is 0 Å². The van der Waals surface area contributed by atoms with Crippen LogP contribution in [0, 0.1) is 6.92 Å². The predicted molar refractivity (Wildman–Crippen MR) is 59.2 cm³/mol. The molecule has 0 amide bonds. The zero-order valence-corrected chi connectivity index (χ0v) is 9.45. The summed E-state index contributed by atoms with van der Waals surface area (Å²) in [6.45, 7) is 1.98. The number of hydrogen-bond acceptors (Lipinski definition) is 5.